The van der Waals surface area contributed by atoms with Crippen molar-refractivity contribution in [2.24, 2.45) is 5.92 Å². The Morgan fingerprint density at radius 2 is 1.93 bits per heavy atom. The summed E-state index contributed by atoms with van der Waals surface area (Å²) in [5.74, 6) is -1.07. The lowest BCUT2D eigenvalue weighted by atomic mass is 9.94. The Morgan fingerprint density at radius 3 is 2.63 bits per heavy atom. The molecule has 0 radical (unpaired) electrons. The minimum Gasteiger partial charge on any atom is -0.483 e. The van der Waals surface area contributed by atoms with Crippen LogP contribution >= 0.6 is 0 Å². The number of benzene rings is 1. The molecule has 2 aromatic heterocycles. The number of nitrogens with zero attached hydrogens (tertiary/aromatic N) is 4. The van der Waals surface area contributed by atoms with Gasteiger partial charge in [-0.05, 0) is 63.8 Å². The molecule has 1 amide bonds. The van der Waals surface area contributed by atoms with Crippen molar-refractivity contribution < 1.29 is 28.2 Å². The number of hydrogen-bond donors (Lipinski definition) is 1. The number of nitrogens with one attached hydrogen (secondary N) is 1. The number of aromatic nitrogens is 4. The molecule has 3 heterocycles. The number of halogens is 1. The molecule has 1 aliphatic heterocycles. The molecule has 0 unspecified atom stereocenters. The Bertz CT molecular complexity index is 1420. The van der Waals surface area contributed by atoms with Gasteiger partial charge in [-0.25, -0.2) is 9.37 Å². The minimum atomic E-state index is -0.686. The van der Waals surface area contributed by atoms with Gasteiger partial charge in [0.05, 0.1) is 36.3 Å². The molecule has 3 atom stereocenters. The maximum Gasteiger partial charge on any atom is 0.254 e. The topological polar surface area (TPSA) is 117 Å². The quantitative estimate of drug-likeness (QED) is 0.372. The Balaban J connectivity index is 1.06. The van der Waals surface area contributed by atoms with E-state index in [0.717, 1.165) is 38.5 Å². The molecule has 11 heteroatoms. The summed E-state index contributed by atoms with van der Waals surface area (Å²) in [7, 11) is 0. The summed E-state index contributed by atoms with van der Waals surface area (Å²) < 4.78 is 33.1. The maximum atomic E-state index is 15.1. The monoisotopic (exact) mass is 563 g/mol. The third-order valence-corrected chi connectivity index (χ3v) is 8.01. The largest absolute Gasteiger partial charge is 0.483 e. The molecule has 1 aromatic carbocycles. The molecular weight excluding hydrogens is 529 g/mol. The van der Waals surface area contributed by atoms with E-state index in [4.69, 9.17) is 14.2 Å². The number of hydrogen-bond acceptors (Lipinski definition) is 8. The third-order valence-electron chi connectivity index (χ3n) is 8.01. The van der Waals surface area contributed by atoms with E-state index in [0.29, 0.717) is 29.4 Å². The molecule has 1 spiro atoms. The third kappa shape index (κ3) is 6.01. The van der Waals surface area contributed by atoms with Crippen LogP contribution in [0, 0.1) is 11.7 Å². The van der Waals surface area contributed by atoms with Crippen LogP contribution in [-0.2, 0) is 9.47 Å². The summed E-state index contributed by atoms with van der Waals surface area (Å²) in [5.41, 5.74) is 1.25. The number of rotatable bonds is 9. The van der Waals surface area contributed by atoms with Crippen LogP contribution in [-0.4, -0.2) is 56.2 Å². The average molecular weight is 564 g/mol. The first-order valence-electron chi connectivity index (χ1n) is 14.3. The summed E-state index contributed by atoms with van der Waals surface area (Å²) in [6, 6.07) is 7.27. The summed E-state index contributed by atoms with van der Waals surface area (Å²) in [5, 5.41) is 11.5. The summed E-state index contributed by atoms with van der Waals surface area (Å²) in [6.07, 6.45) is 9.20. The van der Waals surface area contributed by atoms with Gasteiger partial charge in [0.25, 0.3) is 5.91 Å². The summed E-state index contributed by atoms with van der Waals surface area (Å²) in [6.45, 7) is 4.05. The molecule has 1 N–H and O–H groups in total. The number of ketones is 1. The van der Waals surface area contributed by atoms with Gasteiger partial charge in [-0.15, -0.1) is 5.10 Å². The van der Waals surface area contributed by atoms with Crippen LogP contribution in [0.5, 0.6) is 5.75 Å². The van der Waals surface area contributed by atoms with Crippen molar-refractivity contribution in [2.75, 3.05) is 6.61 Å². The standard InChI is InChI=1S/C30H34FN5O5/c1-18(27-17-39-30(41-27)12-4-3-5-13-30)34-29(38)23-10-8-21(14-24(23)31)36-33-16-26(35-36)19(2)40-22-9-11-25(32-15-22)28(37)20-6-7-20/h8-11,14-16,18-20,27H,3-7,12-13,17H2,1-2H3,(H,34,38)/t18-,19-,27+/m1/s1. The van der Waals surface area contributed by atoms with Gasteiger partial charge in [-0.1, -0.05) is 6.42 Å². The molecule has 0 bridgehead atoms. The van der Waals surface area contributed by atoms with E-state index < -0.39 is 23.6 Å². The van der Waals surface area contributed by atoms with Crippen LogP contribution in [0.1, 0.15) is 91.4 Å². The number of ether oxygens (including phenoxy) is 3. The second-order valence-electron chi connectivity index (χ2n) is 11.2. The van der Waals surface area contributed by atoms with Crippen LogP contribution in [0.4, 0.5) is 4.39 Å². The number of pyridine rings is 1. The lowest BCUT2D eigenvalue weighted by Gasteiger charge is -2.32. The van der Waals surface area contributed by atoms with E-state index in [2.05, 4.69) is 20.5 Å². The molecule has 3 fully saturated rings. The molecule has 41 heavy (non-hydrogen) atoms. The lowest BCUT2D eigenvalue weighted by Crippen LogP contribution is -2.44. The fourth-order valence-corrected chi connectivity index (χ4v) is 5.37. The van der Waals surface area contributed by atoms with E-state index in [1.54, 1.807) is 18.2 Å². The number of carbonyl (C=O) groups excluding carboxylic acids is 2. The molecular formula is C30H34FN5O5. The lowest BCUT2D eigenvalue weighted by molar-refractivity contribution is -0.188. The smallest absolute Gasteiger partial charge is 0.254 e. The normalized spacial score (nSPS) is 21.4. The van der Waals surface area contributed by atoms with E-state index in [1.807, 2.05) is 13.8 Å². The van der Waals surface area contributed by atoms with Crippen molar-refractivity contribution in [1.82, 2.24) is 25.3 Å². The molecule has 2 aliphatic carbocycles. The molecule has 2 saturated carbocycles. The first kappa shape index (κ1) is 27.5. The van der Waals surface area contributed by atoms with Crippen LogP contribution in [0.15, 0.2) is 42.7 Å². The van der Waals surface area contributed by atoms with Crippen molar-refractivity contribution in [1.29, 1.82) is 0 Å². The predicted molar refractivity (Wildman–Crippen MR) is 145 cm³/mol. The first-order chi connectivity index (χ1) is 19.8. The maximum absolute atomic E-state index is 15.1. The van der Waals surface area contributed by atoms with E-state index in [9.17, 15) is 9.59 Å². The molecule has 6 rings (SSSR count). The summed E-state index contributed by atoms with van der Waals surface area (Å²) >= 11 is 0. The van der Waals surface area contributed by atoms with Crippen molar-refractivity contribution in [3.63, 3.8) is 0 Å². The number of amides is 1. The zero-order valence-corrected chi connectivity index (χ0v) is 23.2. The zero-order chi connectivity index (χ0) is 28.6. The van der Waals surface area contributed by atoms with Crippen LogP contribution in [0.3, 0.4) is 0 Å². The van der Waals surface area contributed by atoms with Crippen molar-refractivity contribution in [3.05, 3.63) is 65.5 Å². The Hall–Kier alpha value is -3.70. The molecule has 1 saturated heterocycles. The van der Waals surface area contributed by atoms with E-state index >= 15 is 4.39 Å². The first-order valence-corrected chi connectivity index (χ1v) is 14.3. The Morgan fingerprint density at radius 1 is 1.12 bits per heavy atom. The minimum absolute atomic E-state index is 0.0720. The fraction of sp³-hybridized carbons (Fsp3) is 0.500. The van der Waals surface area contributed by atoms with Gasteiger partial charge in [0.2, 0.25) is 0 Å². The van der Waals surface area contributed by atoms with Crippen LogP contribution in [0.2, 0.25) is 0 Å². The number of Topliss-reactive ketones (excluding diaryl/α,β-unsaturated/α-hetero) is 1. The predicted octanol–water partition coefficient (Wildman–Crippen LogP) is 4.73. The van der Waals surface area contributed by atoms with Gasteiger partial charge in [0.1, 0.15) is 35.2 Å². The fourth-order valence-electron chi connectivity index (χ4n) is 5.37. The van der Waals surface area contributed by atoms with Gasteiger partial charge in [0.15, 0.2) is 11.6 Å². The second kappa shape index (κ2) is 11.3. The SMILES string of the molecule is C[C@@H](Oc1ccc(C(=O)C2CC2)nc1)c1cnn(-c2ccc(C(=O)N[C@H](C)[C@@H]3COC4(CCCCC4)O3)c(F)c2)n1. The number of carbonyl (C=O) groups is 2. The highest BCUT2D eigenvalue weighted by molar-refractivity contribution is 5.97. The second-order valence-corrected chi connectivity index (χ2v) is 11.2. The van der Waals surface area contributed by atoms with Crippen molar-refractivity contribution in [2.45, 2.75) is 82.8 Å². The van der Waals surface area contributed by atoms with Gasteiger partial charge in [-0.2, -0.15) is 9.90 Å². The highest BCUT2D eigenvalue weighted by atomic mass is 19.1. The van der Waals surface area contributed by atoms with Crippen molar-refractivity contribution >= 4 is 11.7 Å². The average Bonchev–Trinajstić information content (AvgIpc) is 3.56. The van der Waals surface area contributed by atoms with Gasteiger partial charge >= 0.3 is 0 Å². The molecule has 3 aromatic rings. The van der Waals surface area contributed by atoms with Crippen molar-refractivity contribution in [3.8, 4) is 11.4 Å². The van der Waals surface area contributed by atoms with E-state index in [1.165, 1.54) is 35.7 Å². The molecule has 10 nitrogen and oxygen atoms in total. The van der Waals surface area contributed by atoms with Crippen LogP contribution in [0.25, 0.3) is 5.69 Å². The Labute approximate surface area is 237 Å². The summed E-state index contributed by atoms with van der Waals surface area (Å²) in [4.78, 5) is 30.5. The zero-order valence-electron chi connectivity index (χ0n) is 23.2. The Kier molecular flexibility index (Phi) is 7.56. The van der Waals surface area contributed by atoms with Crippen LogP contribution < -0.4 is 10.1 Å². The molecule has 3 aliphatic rings. The van der Waals surface area contributed by atoms with Gasteiger partial charge in [-0.3, -0.25) is 9.59 Å². The van der Waals surface area contributed by atoms with E-state index in [-0.39, 0.29) is 29.4 Å². The highest BCUT2D eigenvalue weighted by Gasteiger charge is 2.44. The molecule has 216 valence electrons. The van der Waals surface area contributed by atoms with Gasteiger partial charge < -0.3 is 19.5 Å². The highest BCUT2D eigenvalue weighted by Crippen LogP contribution is 2.38. The van der Waals surface area contributed by atoms with Gasteiger partial charge in [0, 0.05) is 24.8 Å².